The van der Waals surface area contributed by atoms with E-state index in [1.54, 1.807) is 6.20 Å². The minimum atomic E-state index is 0.871. The van der Waals surface area contributed by atoms with E-state index in [2.05, 4.69) is 80.2 Å². The van der Waals surface area contributed by atoms with Crippen LogP contribution in [0, 0.1) is 0 Å². The van der Waals surface area contributed by atoms with Crippen molar-refractivity contribution in [3.8, 4) is 39.3 Å². The quantitative estimate of drug-likeness (QED) is 0.267. The molecule has 174 valence electrons. The second-order valence-electron chi connectivity index (χ2n) is 8.91. The lowest BCUT2D eigenvalue weighted by atomic mass is 10.0. The zero-order valence-electron chi connectivity index (χ0n) is 19.9. The van der Waals surface area contributed by atoms with Crippen LogP contribution >= 0.6 is 0 Å². The summed E-state index contributed by atoms with van der Waals surface area (Å²) >= 11 is 0. The van der Waals surface area contributed by atoms with Crippen molar-refractivity contribution in [3.63, 3.8) is 0 Å². The Kier molecular flexibility index (Phi) is 5.03. The molecule has 0 fully saturated rings. The topological polar surface area (TPSA) is 56.5 Å². The van der Waals surface area contributed by atoms with Crippen molar-refractivity contribution in [2.24, 2.45) is 0 Å². The summed E-state index contributed by atoms with van der Waals surface area (Å²) in [4.78, 5) is 18.4. The van der Waals surface area contributed by atoms with Gasteiger partial charge >= 0.3 is 0 Å². The third-order valence-electron chi connectivity index (χ3n) is 6.64. The molecule has 0 radical (unpaired) electrons. The molecule has 0 atom stereocenters. The van der Waals surface area contributed by atoms with E-state index in [0.717, 1.165) is 50.4 Å². The third kappa shape index (κ3) is 3.74. The molecule has 2 aromatic carbocycles. The van der Waals surface area contributed by atoms with Gasteiger partial charge in [0.25, 0.3) is 0 Å². The maximum absolute atomic E-state index is 4.98. The summed E-state index contributed by atoms with van der Waals surface area (Å²) in [6.07, 6.45) is 11.2. The van der Waals surface area contributed by atoms with E-state index in [9.17, 15) is 0 Å². The molecule has 0 unspecified atom stereocenters. The average molecular weight is 476 g/mol. The number of nitrogens with zero attached hydrogens (tertiary/aromatic N) is 5. The van der Waals surface area contributed by atoms with E-state index in [-0.39, 0.29) is 0 Å². The van der Waals surface area contributed by atoms with Crippen LogP contribution in [0.2, 0.25) is 0 Å². The lowest BCUT2D eigenvalue weighted by molar-refractivity contribution is 1.13. The summed E-state index contributed by atoms with van der Waals surface area (Å²) in [7, 11) is 0. The van der Waals surface area contributed by atoms with E-state index in [0.29, 0.717) is 0 Å². The molecule has 7 aromatic rings. The highest BCUT2D eigenvalue weighted by Crippen LogP contribution is 2.34. The molecule has 0 N–H and O–H groups in total. The van der Waals surface area contributed by atoms with Gasteiger partial charge in [-0.05, 0) is 48.0 Å². The minimum Gasteiger partial charge on any atom is -0.306 e. The fourth-order valence-corrected chi connectivity index (χ4v) is 4.92. The predicted octanol–water partition coefficient (Wildman–Crippen LogP) is 7.36. The van der Waals surface area contributed by atoms with Gasteiger partial charge in [-0.15, -0.1) is 0 Å². The van der Waals surface area contributed by atoms with E-state index < -0.39 is 0 Å². The highest BCUT2D eigenvalue weighted by atomic mass is 15.0. The summed E-state index contributed by atoms with van der Waals surface area (Å²) in [6, 6.07) is 31.1. The second-order valence-corrected chi connectivity index (χ2v) is 8.91. The summed E-state index contributed by atoms with van der Waals surface area (Å²) in [6.45, 7) is 0. The molecule has 0 saturated heterocycles. The van der Waals surface area contributed by atoms with Crippen molar-refractivity contribution >= 4 is 21.8 Å². The molecule has 5 aromatic heterocycles. The Morgan fingerprint density at radius 1 is 0.459 bits per heavy atom. The van der Waals surface area contributed by atoms with Crippen molar-refractivity contribution < 1.29 is 0 Å². The normalized spacial score (nSPS) is 11.2. The van der Waals surface area contributed by atoms with Crippen LogP contribution in [0.25, 0.3) is 61.1 Å². The van der Waals surface area contributed by atoms with Crippen molar-refractivity contribution in [1.29, 1.82) is 0 Å². The molecule has 0 saturated carbocycles. The van der Waals surface area contributed by atoms with Gasteiger partial charge in [0.15, 0.2) is 0 Å². The van der Waals surface area contributed by atoms with Gasteiger partial charge in [0.05, 0.1) is 40.5 Å². The van der Waals surface area contributed by atoms with Crippen LogP contribution in [0.1, 0.15) is 0 Å². The molecule has 0 spiro atoms. The smallest absolute Gasteiger partial charge is 0.0731 e. The highest BCUT2D eigenvalue weighted by Gasteiger charge is 2.14. The third-order valence-corrected chi connectivity index (χ3v) is 6.64. The number of benzene rings is 2. The van der Waals surface area contributed by atoms with Gasteiger partial charge in [-0.2, -0.15) is 0 Å². The molecule has 0 amide bonds. The Hall–Kier alpha value is -5.16. The average Bonchev–Trinajstić information content (AvgIpc) is 3.32. The van der Waals surface area contributed by atoms with E-state index >= 15 is 0 Å². The lowest BCUT2D eigenvalue weighted by Crippen LogP contribution is -1.97. The molecule has 0 aliphatic rings. The van der Waals surface area contributed by atoms with Crippen LogP contribution in [0.3, 0.4) is 0 Å². The second kappa shape index (κ2) is 8.81. The van der Waals surface area contributed by atoms with E-state index in [1.165, 1.54) is 10.8 Å². The molecule has 0 aliphatic heterocycles. The Bertz CT molecular complexity index is 1760. The summed E-state index contributed by atoms with van der Waals surface area (Å²) < 4.78 is 2.23. The molecular formula is C32H21N5. The predicted molar refractivity (Wildman–Crippen MR) is 148 cm³/mol. The molecule has 5 heteroatoms. The van der Waals surface area contributed by atoms with Crippen LogP contribution in [0.5, 0.6) is 0 Å². The highest BCUT2D eigenvalue weighted by molar-refractivity contribution is 6.08. The lowest BCUT2D eigenvalue weighted by Gasteiger charge is -2.12. The standard InChI is InChI=1S/C32H21N5/c1-2-7-22(8-3-1)29-16-24(17-30(36-29)23-9-6-13-33-18-23)25-15-26(20-35-19-25)37-31-11-5-4-10-27(31)28-12-14-34-21-32(28)37/h1-21H. The fraction of sp³-hybridized carbons (Fsp3) is 0. The van der Waals surface area contributed by atoms with Crippen molar-refractivity contribution in [2.75, 3.05) is 0 Å². The molecule has 5 heterocycles. The first kappa shape index (κ1) is 21.1. The first-order valence-electron chi connectivity index (χ1n) is 12.1. The van der Waals surface area contributed by atoms with Gasteiger partial charge in [0.1, 0.15) is 0 Å². The molecule has 37 heavy (non-hydrogen) atoms. The SMILES string of the molecule is c1ccc(-c2cc(-c3cncc(-n4c5ccccc5c5ccncc54)c3)cc(-c3cccnc3)n2)cc1. The van der Waals surface area contributed by atoms with Gasteiger partial charge in [-0.3, -0.25) is 15.0 Å². The fourth-order valence-electron chi connectivity index (χ4n) is 4.92. The van der Waals surface area contributed by atoms with Gasteiger partial charge in [0, 0.05) is 52.3 Å². The maximum Gasteiger partial charge on any atom is 0.0731 e. The summed E-state index contributed by atoms with van der Waals surface area (Å²) in [5, 5.41) is 2.37. The number of aromatic nitrogens is 5. The Labute approximate surface area is 213 Å². The van der Waals surface area contributed by atoms with Crippen LogP contribution in [0.15, 0.2) is 128 Å². The number of pyridine rings is 4. The van der Waals surface area contributed by atoms with Crippen LogP contribution < -0.4 is 0 Å². The van der Waals surface area contributed by atoms with Crippen LogP contribution in [0.4, 0.5) is 0 Å². The largest absolute Gasteiger partial charge is 0.306 e. The zero-order chi connectivity index (χ0) is 24.6. The van der Waals surface area contributed by atoms with Crippen molar-refractivity contribution in [1.82, 2.24) is 24.5 Å². The number of hydrogen-bond donors (Lipinski definition) is 0. The van der Waals surface area contributed by atoms with Crippen LogP contribution in [-0.4, -0.2) is 24.5 Å². The van der Waals surface area contributed by atoms with Crippen LogP contribution in [-0.2, 0) is 0 Å². The Balaban J connectivity index is 1.44. The number of rotatable bonds is 4. The molecule has 7 rings (SSSR count). The van der Waals surface area contributed by atoms with Gasteiger partial charge in [-0.25, -0.2) is 4.98 Å². The molecule has 5 nitrogen and oxygen atoms in total. The monoisotopic (exact) mass is 475 g/mol. The van der Waals surface area contributed by atoms with Crippen molar-refractivity contribution in [2.45, 2.75) is 0 Å². The summed E-state index contributed by atoms with van der Waals surface area (Å²) in [5.74, 6) is 0. The number of fused-ring (bicyclic) bond motifs is 3. The first-order valence-corrected chi connectivity index (χ1v) is 12.1. The Morgan fingerprint density at radius 2 is 1.19 bits per heavy atom. The number of para-hydroxylation sites is 1. The minimum absolute atomic E-state index is 0.871. The maximum atomic E-state index is 4.98. The first-order chi connectivity index (χ1) is 18.3. The summed E-state index contributed by atoms with van der Waals surface area (Å²) in [5.41, 5.74) is 9.03. The zero-order valence-corrected chi connectivity index (χ0v) is 19.9. The van der Waals surface area contributed by atoms with Gasteiger partial charge in [-0.1, -0.05) is 48.5 Å². The van der Waals surface area contributed by atoms with Crippen molar-refractivity contribution in [3.05, 3.63) is 128 Å². The van der Waals surface area contributed by atoms with Gasteiger partial charge in [0.2, 0.25) is 0 Å². The molecule has 0 bridgehead atoms. The van der Waals surface area contributed by atoms with E-state index in [4.69, 9.17) is 4.98 Å². The van der Waals surface area contributed by atoms with Gasteiger partial charge < -0.3 is 4.57 Å². The molecular weight excluding hydrogens is 454 g/mol. The Morgan fingerprint density at radius 3 is 2.05 bits per heavy atom. The molecule has 0 aliphatic carbocycles. The van der Waals surface area contributed by atoms with E-state index in [1.807, 2.05) is 61.3 Å². The number of hydrogen-bond acceptors (Lipinski definition) is 4.